The third-order valence-corrected chi connectivity index (χ3v) is 6.36. The molecule has 3 aromatic rings. The van der Waals surface area contributed by atoms with E-state index < -0.39 is 0 Å². The first-order chi connectivity index (χ1) is 12.5. The highest BCUT2D eigenvalue weighted by atomic mass is 35.5. The molecule has 0 fully saturated rings. The molecule has 156 valence electrons. The number of hydrogen-bond acceptors (Lipinski definition) is 8. The third-order valence-electron chi connectivity index (χ3n) is 4.29. The fourth-order valence-electron chi connectivity index (χ4n) is 2.81. The van der Waals surface area contributed by atoms with Crippen LogP contribution >= 0.6 is 47.9 Å². The lowest BCUT2D eigenvalue weighted by Gasteiger charge is -2.10. The van der Waals surface area contributed by atoms with Gasteiger partial charge in [0.1, 0.15) is 22.3 Å². The molecular formula is C17H27Cl2N7S2. The highest BCUT2D eigenvalue weighted by Crippen LogP contribution is 2.33. The molecule has 0 radical (unpaired) electrons. The molecule has 0 saturated carbocycles. The fraction of sp³-hybridized carbons (Fsp3) is 0.529. The van der Waals surface area contributed by atoms with E-state index in [4.69, 9.17) is 10.7 Å². The summed E-state index contributed by atoms with van der Waals surface area (Å²) in [7, 11) is 0. The van der Waals surface area contributed by atoms with Crippen molar-refractivity contribution in [2.75, 3.05) is 24.2 Å². The van der Waals surface area contributed by atoms with E-state index in [2.05, 4.69) is 45.8 Å². The van der Waals surface area contributed by atoms with Crippen LogP contribution in [0.25, 0.3) is 10.2 Å². The average Bonchev–Trinajstić information content (AvgIpc) is 3.11. The first-order valence-corrected chi connectivity index (χ1v) is 10.6. The van der Waals surface area contributed by atoms with E-state index in [1.807, 2.05) is 6.92 Å². The molecule has 28 heavy (non-hydrogen) atoms. The molecule has 0 saturated heterocycles. The van der Waals surface area contributed by atoms with Crippen LogP contribution < -0.4 is 11.1 Å². The molecule has 0 aliphatic rings. The number of aromatic nitrogens is 5. The molecule has 11 heteroatoms. The summed E-state index contributed by atoms with van der Waals surface area (Å²) in [6.45, 7) is 10.6. The smallest absolute Gasteiger partial charge is 0.191 e. The third kappa shape index (κ3) is 5.27. The molecule has 7 nitrogen and oxygen atoms in total. The van der Waals surface area contributed by atoms with Crippen LogP contribution in [0.4, 0.5) is 5.82 Å². The van der Waals surface area contributed by atoms with E-state index in [1.54, 1.807) is 23.1 Å². The number of halogens is 2. The van der Waals surface area contributed by atoms with Gasteiger partial charge < -0.3 is 15.6 Å². The normalized spacial score (nSPS) is 10.6. The highest BCUT2D eigenvalue weighted by Gasteiger charge is 2.14. The molecule has 0 atom stereocenters. The number of anilines is 1. The van der Waals surface area contributed by atoms with Gasteiger partial charge in [-0.05, 0) is 39.8 Å². The van der Waals surface area contributed by atoms with Crippen molar-refractivity contribution in [1.82, 2.24) is 24.7 Å². The predicted octanol–water partition coefficient (Wildman–Crippen LogP) is 3.78. The standard InChI is InChI=1S/C17H25N7S2.2ClH/c1-5-24-12(4)22-23-17(24)25-9-8-19-15-14-10(2)11(3)26-16(14)21-13(20-15)6-7-18;;/h5-9,18H2,1-4H3,(H,19,20,21);2*1H. The predicted molar refractivity (Wildman–Crippen MR) is 124 cm³/mol. The van der Waals surface area contributed by atoms with Crippen molar-refractivity contribution in [2.24, 2.45) is 5.73 Å². The maximum atomic E-state index is 5.69. The summed E-state index contributed by atoms with van der Waals surface area (Å²) in [6.07, 6.45) is 0.689. The number of hydrogen-bond donors (Lipinski definition) is 2. The zero-order chi connectivity index (χ0) is 18.7. The van der Waals surface area contributed by atoms with Crippen LogP contribution in [0.3, 0.4) is 0 Å². The first kappa shape index (κ1) is 24.9. The maximum Gasteiger partial charge on any atom is 0.191 e. The van der Waals surface area contributed by atoms with Crippen LogP contribution in [-0.4, -0.2) is 43.6 Å². The Morgan fingerprint density at radius 1 is 1.14 bits per heavy atom. The van der Waals surface area contributed by atoms with Gasteiger partial charge in [0.05, 0.1) is 5.39 Å². The first-order valence-electron chi connectivity index (χ1n) is 8.78. The minimum absolute atomic E-state index is 0. The van der Waals surface area contributed by atoms with E-state index in [1.165, 1.54) is 10.4 Å². The van der Waals surface area contributed by atoms with E-state index >= 15 is 0 Å². The molecule has 3 N–H and O–H groups in total. The molecule has 0 bridgehead atoms. The Morgan fingerprint density at radius 3 is 2.57 bits per heavy atom. The summed E-state index contributed by atoms with van der Waals surface area (Å²) < 4.78 is 2.12. The van der Waals surface area contributed by atoms with Gasteiger partial charge in [0.15, 0.2) is 5.16 Å². The van der Waals surface area contributed by atoms with Gasteiger partial charge in [-0.3, -0.25) is 0 Å². The van der Waals surface area contributed by atoms with Crippen LogP contribution in [0.2, 0.25) is 0 Å². The van der Waals surface area contributed by atoms with Gasteiger partial charge in [0.2, 0.25) is 0 Å². The van der Waals surface area contributed by atoms with Crippen LogP contribution in [0.15, 0.2) is 5.16 Å². The lowest BCUT2D eigenvalue weighted by Crippen LogP contribution is -2.11. The number of thioether (sulfide) groups is 1. The Balaban J connectivity index is 0.00000196. The Bertz CT molecular complexity index is 911. The van der Waals surface area contributed by atoms with Crippen molar-refractivity contribution in [2.45, 2.75) is 45.8 Å². The van der Waals surface area contributed by atoms with Crippen molar-refractivity contribution in [3.05, 3.63) is 22.1 Å². The van der Waals surface area contributed by atoms with Gasteiger partial charge in [-0.25, -0.2) is 9.97 Å². The number of nitrogens with one attached hydrogen (secondary N) is 1. The lowest BCUT2D eigenvalue weighted by molar-refractivity contribution is 0.662. The van der Waals surface area contributed by atoms with Crippen molar-refractivity contribution in [3.8, 4) is 0 Å². The summed E-state index contributed by atoms with van der Waals surface area (Å²) in [4.78, 5) is 11.7. The summed E-state index contributed by atoms with van der Waals surface area (Å²) in [5.74, 6) is 3.56. The zero-order valence-corrected chi connectivity index (χ0v) is 19.7. The van der Waals surface area contributed by atoms with Crippen molar-refractivity contribution in [1.29, 1.82) is 0 Å². The van der Waals surface area contributed by atoms with Crippen molar-refractivity contribution < 1.29 is 0 Å². The van der Waals surface area contributed by atoms with Gasteiger partial charge in [-0.15, -0.1) is 46.3 Å². The van der Waals surface area contributed by atoms with Crippen LogP contribution in [0, 0.1) is 20.8 Å². The SMILES string of the molecule is CCn1c(C)nnc1SCCNc1nc(CCN)nc2sc(C)c(C)c12.Cl.Cl. The Kier molecular flexibility index (Phi) is 9.92. The Labute approximate surface area is 186 Å². The van der Waals surface area contributed by atoms with Gasteiger partial charge in [0.25, 0.3) is 0 Å². The summed E-state index contributed by atoms with van der Waals surface area (Å²) in [5, 5.41) is 14.0. The van der Waals surface area contributed by atoms with Gasteiger partial charge in [-0.1, -0.05) is 11.8 Å². The van der Waals surface area contributed by atoms with Crippen molar-refractivity contribution >= 4 is 63.9 Å². The summed E-state index contributed by atoms with van der Waals surface area (Å²) in [5.41, 5.74) is 6.94. The monoisotopic (exact) mass is 463 g/mol. The summed E-state index contributed by atoms with van der Waals surface area (Å²) >= 11 is 3.42. The molecule has 0 unspecified atom stereocenters. The van der Waals surface area contributed by atoms with E-state index in [0.717, 1.165) is 51.7 Å². The molecule has 3 heterocycles. The second-order valence-corrected chi connectivity index (χ2v) is 8.31. The van der Waals surface area contributed by atoms with Crippen LogP contribution in [0.5, 0.6) is 0 Å². The number of fused-ring (bicyclic) bond motifs is 1. The highest BCUT2D eigenvalue weighted by molar-refractivity contribution is 7.99. The number of aryl methyl sites for hydroxylation is 3. The number of nitrogens with two attached hydrogens (primary N) is 1. The molecule has 3 rings (SSSR count). The largest absolute Gasteiger partial charge is 0.369 e. The van der Waals surface area contributed by atoms with Crippen LogP contribution in [0.1, 0.15) is 29.0 Å². The zero-order valence-electron chi connectivity index (χ0n) is 16.5. The Hall–Kier alpha value is -1.13. The quantitative estimate of drug-likeness (QED) is 0.387. The van der Waals surface area contributed by atoms with Crippen LogP contribution in [-0.2, 0) is 13.0 Å². The minimum Gasteiger partial charge on any atom is -0.369 e. The average molecular weight is 464 g/mol. The Morgan fingerprint density at radius 2 is 1.89 bits per heavy atom. The van der Waals surface area contributed by atoms with Gasteiger partial charge in [-0.2, -0.15) is 0 Å². The number of nitrogens with zero attached hydrogens (tertiary/aromatic N) is 5. The lowest BCUT2D eigenvalue weighted by atomic mass is 10.2. The van der Waals surface area contributed by atoms with Gasteiger partial charge in [0, 0.05) is 30.1 Å². The second-order valence-electron chi connectivity index (χ2n) is 6.04. The minimum atomic E-state index is 0. The maximum absolute atomic E-state index is 5.69. The number of thiophene rings is 1. The molecule has 0 aromatic carbocycles. The van der Waals surface area contributed by atoms with E-state index in [0.29, 0.717) is 13.0 Å². The molecular weight excluding hydrogens is 437 g/mol. The molecule has 0 amide bonds. The molecule has 0 aliphatic carbocycles. The van der Waals surface area contributed by atoms with E-state index in [9.17, 15) is 0 Å². The molecule has 3 aromatic heterocycles. The second kappa shape index (κ2) is 11.2. The fourth-order valence-corrected chi connectivity index (χ4v) is 4.76. The van der Waals surface area contributed by atoms with Gasteiger partial charge >= 0.3 is 0 Å². The number of rotatable bonds is 8. The van der Waals surface area contributed by atoms with E-state index in [-0.39, 0.29) is 24.8 Å². The summed E-state index contributed by atoms with van der Waals surface area (Å²) in [6, 6.07) is 0. The molecule has 0 spiro atoms. The van der Waals surface area contributed by atoms with Crippen molar-refractivity contribution in [3.63, 3.8) is 0 Å². The topological polar surface area (TPSA) is 94.5 Å². The molecule has 0 aliphatic heterocycles.